The zero-order chi connectivity index (χ0) is 14.7. The average molecular weight is 294 g/mol. The molecule has 110 valence electrons. The Morgan fingerprint density at radius 3 is 2.85 bits per heavy atom. The summed E-state index contributed by atoms with van der Waals surface area (Å²) >= 11 is 1.50. The fourth-order valence-corrected chi connectivity index (χ4v) is 3.13. The van der Waals surface area contributed by atoms with E-state index in [1.165, 1.54) is 11.3 Å². The normalized spacial score (nSPS) is 11.4. The highest BCUT2D eigenvalue weighted by atomic mass is 32.1. The SMILES string of the molecule is CCNCCNC(=O)c1cc2c(C(C)C)nn(C)c2s1. The number of rotatable bonds is 6. The van der Waals surface area contributed by atoms with Gasteiger partial charge in [-0.05, 0) is 18.5 Å². The van der Waals surface area contributed by atoms with Crippen LogP contribution in [0.4, 0.5) is 0 Å². The molecule has 0 radical (unpaired) electrons. The van der Waals surface area contributed by atoms with E-state index in [2.05, 4.69) is 29.6 Å². The molecule has 0 saturated carbocycles. The smallest absolute Gasteiger partial charge is 0.261 e. The van der Waals surface area contributed by atoms with E-state index in [-0.39, 0.29) is 5.91 Å². The topological polar surface area (TPSA) is 58.9 Å². The first kappa shape index (κ1) is 15.0. The van der Waals surface area contributed by atoms with Crippen molar-refractivity contribution in [1.82, 2.24) is 20.4 Å². The number of nitrogens with one attached hydrogen (secondary N) is 2. The van der Waals surface area contributed by atoms with Crippen molar-refractivity contribution in [2.24, 2.45) is 7.05 Å². The predicted molar refractivity (Wildman–Crippen MR) is 83.6 cm³/mol. The highest BCUT2D eigenvalue weighted by molar-refractivity contribution is 7.20. The standard InChI is InChI=1S/C14H22N4OS/c1-5-15-6-7-16-13(19)11-8-10-12(9(2)3)17-18(4)14(10)20-11/h8-9,15H,5-7H2,1-4H3,(H,16,19). The Morgan fingerprint density at radius 2 is 2.20 bits per heavy atom. The molecule has 0 unspecified atom stereocenters. The van der Waals surface area contributed by atoms with Crippen LogP contribution in [-0.2, 0) is 7.05 Å². The highest BCUT2D eigenvalue weighted by Crippen LogP contribution is 2.31. The molecule has 5 nitrogen and oxygen atoms in total. The van der Waals surface area contributed by atoms with E-state index in [0.29, 0.717) is 12.5 Å². The fourth-order valence-electron chi connectivity index (χ4n) is 2.13. The second-order valence-electron chi connectivity index (χ2n) is 5.10. The van der Waals surface area contributed by atoms with Crippen molar-refractivity contribution in [2.75, 3.05) is 19.6 Å². The summed E-state index contributed by atoms with van der Waals surface area (Å²) in [7, 11) is 1.93. The minimum atomic E-state index is -0.00110. The van der Waals surface area contributed by atoms with Gasteiger partial charge in [-0.1, -0.05) is 20.8 Å². The van der Waals surface area contributed by atoms with Crippen molar-refractivity contribution in [3.8, 4) is 0 Å². The molecule has 2 N–H and O–H groups in total. The molecule has 0 aliphatic carbocycles. The minimum Gasteiger partial charge on any atom is -0.350 e. The van der Waals surface area contributed by atoms with Gasteiger partial charge in [-0.15, -0.1) is 11.3 Å². The zero-order valence-corrected chi connectivity index (χ0v) is 13.3. The predicted octanol–water partition coefficient (Wildman–Crippen LogP) is 2.10. The average Bonchev–Trinajstić information content (AvgIpc) is 2.95. The molecule has 2 aromatic heterocycles. The summed E-state index contributed by atoms with van der Waals surface area (Å²) in [4.78, 5) is 13.9. The molecule has 20 heavy (non-hydrogen) atoms. The number of aryl methyl sites for hydroxylation is 1. The Hall–Kier alpha value is -1.40. The largest absolute Gasteiger partial charge is 0.350 e. The van der Waals surface area contributed by atoms with Crippen LogP contribution in [0, 0.1) is 0 Å². The number of aromatic nitrogens is 2. The van der Waals surface area contributed by atoms with Crippen LogP contribution in [-0.4, -0.2) is 35.3 Å². The summed E-state index contributed by atoms with van der Waals surface area (Å²) in [6, 6.07) is 1.96. The van der Waals surface area contributed by atoms with Gasteiger partial charge in [0.05, 0.1) is 10.6 Å². The van der Waals surface area contributed by atoms with Crippen molar-refractivity contribution >= 4 is 27.5 Å². The van der Waals surface area contributed by atoms with Crippen LogP contribution in [0.1, 0.15) is 42.1 Å². The number of carbonyl (C=O) groups excluding carboxylic acids is 1. The summed E-state index contributed by atoms with van der Waals surface area (Å²) in [6.45, 7) is 8.66. The van der Waals surface area contributed by atoms with Crippen LogP contribution >= 0.6 is 11.3 Å². The molecule has 0 saturated heterocycles. The fraction of sp³-hybridized carbons (Fsp3) is 0.571. The first-order valence-corrected chi connectivity index (χ1v) is 7.81. The summed E-state index contributed by atoms with van der Waals surface area (Å²) in [5.74, 6) is 0.358. The second kappa shape index (κ2) is 6.37. The Kier molecular flexibility index (Phi) is 4.77. The lowest BCUT2D eigenvalue weighted by atomic mass is 10.1. The Labute approximate surface area is 123 Å². The van der Waals surface area contributed by atoms with E-state index >= 15 is 0 Å². The number of carbonyl (C=O) groups is 1. The Bertz CT molecular complexity index is 600. The molecule has 6 heteroatoms. The van der Waals surface area contributed by atoms with Crippen molar-refractivity contribution in [2.45, 2.75) is 26.7 Å². The van der Waals surface area contributed by atoms with Crippen LogP contribution in [0.3, 0.4) is 0 Å². The van der Waals surface area contributed by atoms with Crippen LogP contribution in [0.2, 0.25) is 0 Å². The van der Waals surface area contributed by atoms with Gasteiger partial charge < -0.3 is 10.6 Å². The maximum absolute atomic E-state index is 12.1. The minimum absolute atomic E-state index is 0.00110. The Morgan fingerprint density at radius 1 is 1.45 bits per heavy atom. The van der Waals surface area contributed by atoms with Gasteiger partial charge in [0.15, 0.2) is 0 Å². The number of amides is 1. The number of nitrogens with zero attached hydrogens (tertiary/aromatic N) is 2. The first-order chi connectivity index (χ1) is 9.54. The molecule has 0 bridgehead atoms. The van der Waals surface area contributed by atoms with Gasteiger partial charge in [0.1, 0.15) is 4.83 Å². The third-order valence-corrected chi connectivity index (χ3v) is 4.35. The third-order valence-electron chi connectivity index (χ3n) is 3.15. The van der Waals surface area contributed by atoms with Crippen molar-refractivity contribution in [1.29, 1.82) is 0 Å². The molecule has 0 aliphatic heterocycles. The number of fused-ring (bicyclic) bond motifs is 1. The monoisotopic (exact) mass is 294 g/mol. The van der Waals surface area contributed by atoms with E-state index in [4.69, 9.17) is 0 Å². The molecule has 0 fully saturated rings. The summed E-state index contributed by atoms with van der Waals surface area (Å²) in [5.41, 5.74) is 1.06. The van der Waals surface area contributed by atoms with Crippen molar-refractivity contribution in [3.63, 3.8) is 0 Å². The summed E-state index contributed by atoms with van der Waals surface area (Å²) < 4.78 is 1.87. The van der Waals surface area contributed by atoms with Crippen LogP contribution in [0.5, 0.6) is 0 Å². The maximum atomic E-state index is 12.1. The molecule has 1 amide bonds. The quantitative estimate of drug-likeness (QED) is 0.802. The number of thiophene rings is 1. The van der Waals surface area contributed by atoms with E-state index in [9.17, 15) is 4.79 Å². The molecule has 2 rings (SSSR count). The van der Waals surface area contributed by atoms with Gasteiger partial charge in [-0.3, -0.25) is 9.48 Å². The lowest BCUT2D eigenvalue weighted by Crippen LogP contribution is -2.31. The van der Waals surface area contributed by atoms with Crippen molar-refractivity contribution in [3.05, 3.63) is 16.6 Å². The van der Waals surface area contributed by atoms with Gasteiger partial charge in [0.25, 0.3) is 5.91 Å². The maximum Gasteiger partial charge on any atom is 0.261 e. The van der Waals surface area contributed by atoms with E-state index in [1.54, 1.807) is 0 Å². The molecule has 0 atom stereocenters. The van der Waals surface area contributed by atoms with Crippen LogP contribution in [0.25, 0.3) is 10.2 Å². The molecule has 0 aliphatic rings. The van der Waals surface area contributed by atoms with Gasteiger partial charge in [-0.25, -0.2) is 0 Å². The molecule has 2 aromatic rings. The third kappa shape index (κ3) is 3.02. The van der Waals surface area contributed by atoms with E-state index in [0.717, 1.165) is 33.9 Å². The van der Waals surface area contributed by atoms with Crippen LogP contribution < -0.4 is 10.6 Å². The van der Waals surface area contributed by atoms with E-state index < -0.39 is 0 Å². The zero-order valence-electron chi connectivity index (χ0n) is 12.5. The molecular weight excluding hydrogens is 272 g/mol. The number of hydrogen-bond acceptors (Lipinski definition) is 4. The van der Waals surface area contributed by atoms with Crippen molar-refractivity contribution < 1.29 is 4.79 Å². The van der Waals surface area contributed by atoms with Gasteiger partial charge in [-0.2, -0.15) is 5.10 Å². The lowest BCUT2D eigenvalue weighted by molar-refractivity contribution is 0.0958. The number of hydrogen-bond donors (Lipinski definition) is 2. The lowest BCUT2D eigenvalue weighted by Gasteiger charge is -2.03. The summed E-state index contributed by atoms with van der Waals surface area (Å²) in [5, 5.41) is 11.7. The van der Waals surface area contributed by atoms with Crippen LogP contribution in [0.15, 0.2) is 6.07 Å². The highest BCUT2D eigenvalue weighted by Gasteiger charge is 2.18. The molecule has 0 spiro atoms. The van der Waals surface area contributed by atoms with Gasteiger partial charge >= 0.3 is 0 Å². The van der Waals surface area contributed by atoms with Gasteiger partial charge in [0, 0.05) is 25.5 Å². The second-order valence-corrected chi connectivity index (χ2v) is 6.13. The van der Waals surface area contributed by atoms with Gasteiger partial charge in [0.2, 0.25) is 0 Å². The molecule has 2 heterocycles. The number of likely N-dealkylation sites (N-methyl/N-ethyl adjacent to an activating group) is 1. The molecule has 0 aromatic carbocycles. The Balaban J connectivity index is 2.15. The summed E-state index contributed by atoms with van der Waals surface area (Å²) in [6.07, 6.45) is 0. The first-order valence-electron chi connectivity index (χ1n) is 7.00. The molecular formula is C14H22N4OS. The van der Waals surface area contributed by atoms with E-state index in [1.807, 2.05) is 24.7 Å².